The lowest BCUT2D eigenvalue weighted by Gasteiger charge is -2.23. The van der Waals surface area contributed by atoms with Crippen molar-refractivity contribution in [3.63, 3.8) is 0 Å². The SMILES string of the molecule is Cc1cc(C(=O)NC2CCCCC2)ccc1NC(=O)c1ccc(C)c(NC(=O)c2ccco2)c1. The summed E-state index contributed by atoms with van der Waals surface area (Å²) in [5.74, 6) is -0.583. The van der Waals surface area contributed by atoms with Crippen LogP contribution in [0.1, 0.15) is 74.5 Å². The molecule has 0 aliphatic heterocycles. The molecule has 2 aromatic carbocycles. The van der Waals surface area contributed by atoms with Crippen molar-refractivity contribution in [3.05, 3.63) is 82.8 Å². The predicted octanol–water partition coefficient (Wildman–Crippen LogP) is 5.46. The predicted molar refractivity (Wildman–Crippen MR) is 131 cm³/mol. The summed E-state index contributed by atoms with van der Waals surface area (Å²) in [5.41, 5.74) is 3.75. The van der Waals surface area contributed by atoms with Crippen molar-refractivity contribution in [2.24, 2.45) is 0 Å². The van der Waals surface area contributed by atoms with Crippen LogP contribution < -0.4 is 16.0 Å². The van der Waals surface area contributed by atoms with Gasteiger partial charge in [0, 0.05) is 28.5 Å². The number of hydrogen-bond donors (Lipinski definition) is 3. The standard InChI is InChI=1S/C27H29N3O4/c1-17-10-11-20(16-23(17)30-27(33)24-9-6-14-34-24)26(32)29-22-13-12-19(15-18(22)2)25(31)28-21-7-4-3-5-8-21/h6,9-16,21H,3-5,7-8H2,1-2H3,(H,28,31)(H,29,32)(H,30,33). The maximum atomic E-state index is 12.9. The quantitative estimate of drug-likeness (QED) is 0.455. The minimum atomic E-state index is -0.386. The Labute approximate surface area is 198 Å². The number of amides is 3. The van der Waals surface area contributed by atoms with Crippen molar-refractivity contribution in [2.75, 3.05) is 10.6 Å². The van der Waals surface area contributed by atoms with Gasteiger partial charge in [-0.3, -0.25) is 14.4 Å². The van der Waals surface area contributed by atoms with Gasteiger partial charge in [0.2, 0.25) is 0 Å². The van der Waals surface area contributed by atoms with E-state index in [1.165, 1.54) is 12.7 Å². The third kappa shape index (κ3) is 5.54. The zero-order valence-electron chi connectivity index (χ0n) is 19.4. The highest BCUT2D eigenvalue weighted by Crippen LogP contribution is 2.22. The zero-order valence-corrected chi connectivity index (χ0v) is 19.4. The fourth-order valence-electron chi connectivity index (χ4n) is 4.14. The summed E-state index contributed by atoms with van der Waals surface area (Å²) in [7, 11) is 0. The molecule has 0 unspecified atom stereocenters. The van der Waals surface area contributed by atoms with E-state index in [1.807, 2.05) is 13.8 Å². The van der Waals surface area contributed by atoms with E-state index in [0.717, 1.165) is 36.8 Å². The van der Waals surface area contributed by atoms with E-state index in [1.54, 1.807) is 48.5 Å². The van der Waals surface area contributed by atoms with Crippen molar-refractivity contribution in [1.29, 1.82) is 0 Å². The third-order valence-electron chi connectivity index (χ3n) is 6.17. The van der Waals surface area contributed by atoms with Gasteiger partial charge in [-0.1, -0.05) is 25.3 Å². The van der Waals surface area contributed by atoms with E-state index >= 15 is 0 Å². The van der Waals surface area contributed by atoms with E-state index in [4.69, 9.17) is 4.42 Å². The molecule has 34 heavy (non-hydrogen) atoms. The van der Waals surface area contributed by atoms with E-state index in [9.17, 15) is 14.4 Å². The molecule has 1 saturated carbocycles. The van der Waals surface area contributed by atoms with Gasteiger partial charge in [0.1, 0.15) is 0 Å². The van der Waals surface area contributed by atoms with Crippen LogP contribution in [0.3, 0.4) is 0 Å². The van der Waals surface area contributed by atoms with Crippen LogP contribution in [0.2, 0.25) is 0 Å². The van der Waals surface area contributed by atoms with Crippen LogP contribution in [0, 0.1) is 13.8 Å². The Bertz CT molecular complexity index is 1190. The fraction of sp³-hybridized carbons (Fsp3) is 0.296. The number of rotatable bonds is 6. The summed E-state index contributed by atoms with van der Waals surface area (Å²) in [6.07, 6.45) is 7.03. The maximum Gasteiger partial charge on any atom is 0.291 e. The van der Waals surface area contributed by atoms with Gasteiger partial charge < -0.3 is 20.4 Å². The number of hydrogen-bond acceptors (Lipinski definition) is 4. The van der Waals surface area contributed by atoms with Crippen LogP contribution in [-0.2, 0) is 0 Å². The average molecular weight is 460 g/mol. The molecule has 1 aromatic heterocycles. The first-order valence-electron chi connectivity index (χ1n) is 11.6. The summed E-state index contributed by atoms with van der Waals surface area (Å²) in [6, 6.07) is 13.8. The summed E-state index contributed by atoms with van der Waals surface area (Å²) in [6.45, 7) is 3.71. The lowest BCUT2D eigenvalue weighted by atomic mass is 9.95. The van der Waals surface area contributed by atoms with Gasteiger partial charge in [-0.05, 0) is 80.3 Å². The van der Waals surface area contributed by atoms with E-state index in [-0.39, 0.29) is 29.5 Å². The van der Waals surface area contributed by atoms with Crippen LogP contribution in [0.4, 0.5) is 11.4 Å². The van der Waals surface area contributed by atoms with Crippen LogP contribution in [0.5, 0.6) is 0 Å². The molecule has 0 radical (unpaired) electrons. The smallest absolute Gasteiger partial charge is 0.291 e. The van der Waals surface area contributed by atoms with Gasteiger partial charge in [-0.25, -0.2) is 0 Å². The van der Waals surface area contributed by atoms with Crippen molar-refractivity contribution in [1.82, 2.24) is 5.32 Å². The number of benzene rings is 2. The van der Waals surface area contributed by atoms with Gasteiger partial charge in [0.05, 0.1) is 6.26 Å². The largest absolute Gasteiger partial charge is 0.459 e. The van der Waals surface area contributed by atoms with Gasteiger partial charge in [-0.15, -0.1) is 0 Å². The average Bonchev–Trinajstić information content (AvgIpc) is 3.37. The van der Waals surface area contributed by atoms with E-state index in [2.05, 4.69) is 16.0 Å². The Kier molecular flexibility index (Phi) is 7.11. The molecule has 176 valence electrons. The van der Waals surface area contributed by atoms with E-state index < -0.39 is 0 Å². The molecule has 0 atom stereocenters. The van der Waals surface area contributed by atoms with E-state index in [0.29, 0.717) is 22.5 Å². The number of carbonyl (C=O) groups is 3. The molecular formula is C27H29N3O4. The highest BCUT2D eigenvalue weighted by Gasteiger charge is 2.18. The molecule has 0 bridgehead atoms. The highest BCUT2D eigenvalue weighted by molar-refractivity contribution is 6.07. The number of anilines is 2. The molecule has 1 fully saturated rings. The molecule has 7 heteroatoms. The fourth-order valence-corrected chi connectivity index (χ4v) is 4.14. The molecule has 3 aromatic rings. The van der Waals surface area contributed by atoms with Gasteiger partial charge in [0.15, 0.2) is 5.76 Å². The molecule has 3 N–H and O–H groups in total. The lowest BCUT2D eigenvalue weighted by Crippen LogP contribution is -2.36. The summed E-state index contributed by atoms with van der Waals surface area (Å²) >= 11 is 0. The Morgan fingerprint density at radius 2 is 1.47 bits per heavy atom. The first-order valence-corrected chi connectivity index (χ1v) is 11.6. The first-order chi connectivity index (χ1) is 16.4. The minimum absolute atomic E-state index is 0.0802. The lowest BCUT2D eigenvalue weighted by molar-refractivity contribution is 0.0926. The third-order valence-corrected chi connectivity index (χ3v) is 6.17. The Morgan fingerprint density at radius 3 is 2.18 bits per heavy atom. The topological polar surface area (TPSA) is 100 Å². The number of nitrogens with one attached hydrogen (secondary N) is 3. The van der Waals surface area contributed by atoms with Crippen LogP contribution >= 0.6 is 0 Å². The maximum absolute atomic E-state index is 12.9. The molecule has 0 spiro atoms. The minimum Gasteiger partial charge on any atom is -0.459 e. The molecule has 1 aliphatic rings. The first kappa shape index (κ1) is 23.3. The van der Waals surface area contributed by atoms with Crippen molar-refractivity contribution in [3.8, 4) is 0 Å². The highest BCUT2D eigenvalue weighted by atomic mass is 16.3. The number of aryl methyl sites for hydroxylation is 2. The van der Waals surface area contributed by atoms with Crippen LogP contribution in [0.25, 0.3) is 0 Å². The molecule has 7 nitrogen and oxygen atoms in total. The molecular weight excluding hydrogens is 430 g/mol. The Balaban J connectivity index is 1.43. The number of furan rings is 1. The Morgan fingerprint density at radius 1 is 0.765 bits per heavy atom. The Hall–Kier alpha value is -3.87. The van der Waals surface area contributed by atoms with Gasteiger partial charge >= 0.3 is 0 Å². The second-order valence-electron chi connectivity index (χ2n) is 8.75. The molecule has 0 saturated heterocycles. The molecule has 4 rings (SSSR count). The van der Waals surface area contributed by atoms with Crippen LogP contribution in [-0.4, -0.2) is 23.8 Å². The summed E-state index contributed by atoms with van der Waals surface area (Å²) < 4.78 is 5.13. The van der Waals surface area contributed by atoms with Gasteiger partial charge in [0.25, 0.3) is 17.7 Å². The second-order valence-corrected chi connectivity index (χ2v) is 8.75. The molecule has 3 amide bonds. The summed E-state index contributed by atoms with van der Waals surface area (Å²) in [4.78, 5) is 37.8. The normalized spacial score (nSPS) is 13.8. The van der Waals surface area contributed by atoms with Crippen molar-refractivity contribution >= 4 is 29.1 Å². The summed E-state index contributed by atoms with van der Waals surface area (Å²) in [5, 5.41) is 8.80. The number of carbonyl (C=O) groups excluding carboxylic acids is 3. The second kappa shape index (κ2) is 10.4. The van der Waals surface area contributed by atoms with Crippen molar-refractivity contribution < 1.29 is 18.8 Å². The van der Waals surface area contributed by atoms with Crippen molar-refractivity contribution in [2.45, 2.75) is 52.0 Å². The zero-order chi connectivity index (χ0) is 24.1. The molecule has 1 aliphatic carbocycles. The van der Waals surface area contributed by atoms with Gasteiger partial charge in [-0.2, -0.15) is 0 Å². The molecule has 1 heterocycles. The monoisotopic (exact) mass is 459 g/mol. The van der Waals surface area contributed by atoms with Crippen LogP contribution in [0.15, 0.2) is 59.2 Å².